The van der Waals surface area contributed by atoms with E-state index in [0.717, 1.165) is 24.2 Å². The summed E-state index contributed by atoms with van der Waals surface area (Å²) in [6, 6.07) is 7.76. The molecule has 23 heavy (non-hydrogen) atoms. The maximum atomic E-state index is 12.4. The minimum Gasteiger partial charge on any atom is -0.377 e. The molecule has 0 aliphatic carbocycles. The molecule has 1 N–H and O–H groups in total. The molecule has 1 aromatic carbocycles. The summed E-state index contributed by atoms with van der Waals surface area (Å²) in [6.07, 6.45) is 4.08. The predicted octanol–water partition coefficient (Wildman–Crippen LogP) is 1.59. The minimum atomic E-state index is -0.0595. The Labute approximate surface area is 135 Å². The van der Waals surface area contributed by atoms with Crippen molar-refractivity contribution in [3.8, 4) is 5.69 Å². The molecule has 1 aromatic heterocycles. The zero-order chi connectivity index (χ0) is 16.1. The highest BCUT2D eigenvalue weighted by atomic mass is 16.5. The van der Waals surface area contributed by atoms with Gasteiger partial charge in [-0.2, -0.15) is 5.10 Å². The number of urea groups is 1. The van der Waals surface area contributed by atoms with Crippen LogP contribution >= 0.6 is 0 Å². The van der Waals surface area contributed by atoms with Crippen LogP contribution in [0.25, 0.3) is 5.69 Å². The fourth-order valence-corrected chi connectivity index (χ4v) is 2.68. The van der Waals surface area contributed by atoms with E-state index in [9.17, 15) is 4.79 Å². The highest BCUT2D eigenvalue weighted by molar-refractivity contribution is 5.74. The molecule has 7 nitrogen and oxygen atoms in total. The average molecular weight is 315 g/mol. The van der Waals surface area contributed by atoms with E-state index in [1.165, 1.54) is 6.33 Å². The molecule has 1 aliphatic rings. The molecule has 7 heteroatoms. The van der Waals surface area contributed by atoms with Gasteiger partial charge in [0.15, 0.2) is 0 Å². The fourth-order valence-electron chi connectivity index (χ4n) is 2.68. The molecule has 1 atom stereocenters. The zero-order valence-electron chi connectivity index (χ0n) is 13.2. The summed E-state index contributed by atoms with van der Waals surface area (Å²) in [7, 11) is 0. The van der Waals surface area contributed by atoms with E-state index in [4.69, 9.17) is 4.74 Å². The molecule has 0 saturated carbocycles. The van der Waals surface area contributed by atoms with Crippen LogP contribution in [0.15, 0.2) is 36.9 Å². The Bertz CT molecular complexity index is 644. The van der Waals surface area contributed by atoms with Crippen molar-refractivity contribution in [2.75, 3.05) is 19.7 Å². The first-order valence-electron chi connectivity index (χ1n) is 7.81. The molecule has 122 valence electrons. The maximum Gasteiger partial charge on any atom is 0.317 e. The smallest absolute Gasteiger partial charge is 0.317 e. The second-order valence-corrected chi connectivity index (χ2v) is 5.61. The largest absolute Gasteiger partial charge is 0.377 e. The second kappa shape index (κ2) is 7.23. The van der Waals surface area contributed by atoms with Crippen molar-refractivity contribution in [3.63, 3.8) is 0 Å². The Balaban J connectivity index is 1.65. The number of para-hydroxylation sites is 1. The van der Waals surface area contributed by atoms with Crippen molar-refractivity contribution < 1.29 is 9.53 Å². The molecular formula is C16H21N5O2. The van der Waals surface area contributed by atoms with E-state index in [1.54, 1.807) is 11.0 Å². The van der Waals surface area contributed by atoms with Gasteiger partial charge in [-0.3, -0.25) is 0 Å². The lowest BCUT2D eigenvalue weighted by Crippen LogP contribution is -2.42. The van der Waals surface area contributed by atoms with Crippen molar-refractivity contribution in [3.05, 3.63) is 42.5 Å². The van der Waals surface area contributed by atoms with E-state index >= 15 is 0 Å². The summed E-state index contributed by atoms with van der Waals surface area (Å²) in [4.78, 5) is 18.2. The van der Waals surface area contributed by atoms with E-state index in [1.807, 2.05) is 36.1 Å². The second-order valence-electron chi connectivity index (χ2n) is 5.61. The normalized spacial score (nSPS) is 18.5. The van der Waals surface area contributed by atoms with Crippen LogP contribution in [0.5, 0.6) is 0 Å². The van der Waals surface area contributed by atoms with Crippen molar-refractivity contribution >= 4 is 6.03 Å². The molecule has 2 amide bonds. The maximum absolute atomic E-state index is 12.4. The Morgan fingerprint density at radius 1 is 1.43 bits per heavy atom. The van der Waals surface area contributed by atoms with Crippen LogP contribution in [-0.2, 0) is 11.3 Å². The number of nitrogens with one attached hydrogen (secondary N) is 1. The van der Waals surface area contributed by atoms with Crippen LogP contribution in [0.1, 0.15) is 18.9 Å². The number of amides is 2. The van der Waals surface area contributed by atoms with Crippen LogP contribution < -0.4 is 5.32 Å². The third-order valence-corrected chi connectivity index (χ3v) is 3.83. The quantitative estimate of drug-likeness (QED) is 0.933. The number of ether oxygens (including phenoxy) is 1. The highest BCUT2D eigenvalue weighted by Gasteiger charge is 2.19. The summed E-state index contributed by atoms with van der Waals surface area (Å²) in [5.74, 6) is 0. The number of nitrogens with zero attached hydrogens (tertiary/aromatic N) is 4. The van der Waals surface area contributed by atoms with Gasteiger partial charge in [-0.15, -0.1) is 0 Å². The molecule has 2 aromatic rings. The molecule has 3 rings (SSSR count). The van der Waals surface area contributed by atoms with E-state index in [-0.39, 0.29) is 12.1 Å². The monoisotopic (exact) mass is 315 g/mol. The number of benzene rings is 1. The third-order valence-electron chi connectivity index (χ3n) is 3.83. The zero-order valence-corrected chi connectivity index (χ0v) is 13.2. The van der Waals surface area contributed by atoms with E-state index in [2.05, 4.69) is 15.4 Å². The molecule has 0 unspecified atom stereocenters. The Morgan fingerprint density at radius 2 is 2.30 bits per heavy atom. The molecule has 1 saturated heterocycles. The number of hydrogen-bond acceptors (Lipinski definition) is 4. The molecule has 2 heterocycles. The van der Waals surface area contributed by atoms with Gasteiger partial charge in [0.2, 0.25) is 0 Å². The van der Waals surface area contributed by atoms with Gasteiger partial charge in [-0.1, -0.05) is 18.2 Å². The van der Waals surface area contributed by atoms with Gasteiger partial charge in [0.25, 0.3) is 0 Å². The van der Waals surface area contributed by atoms with Crippen LogP contribution in [-0.4, -0.2) is 51.5 Å². The van der Waals surface area contributed by atoms with Gasteiger partial charge in [0.05, 0.1) is 11.8 Å². The first-order chi connectivity index (χ1) is 11.2. The summed E-state index contributed by atoms with van der Waals surface area (Å²) >= 11 is 0. The van der Waals surface area contributed by atoms with Gasteiger partial charge in [-0.05, 0) is 25.0 Å². The predicted molar refractivity (Wildman–Crippen MR) is 85.2 cm³/mol. The van der Waals surface area contributed by atoms with Crippen molar-refractivity contribution in [1.82, 2.24) is 25.0 Å². The van der Waals surface area contributed by atoms with Crippen molar-refractivity contribution in [1.29, 1.82) is 0 Å². The standard InChI is InChI=1S/C16H21N5O2/c1-13-10-20(7-4-8-23-13)16(22)18-9-14-5-2-3-6-15(14)21-12-17-11-19-21/h2-3,5-6,11-13H,4,7-10H2,1H3,(H,18,22)/t13-/m1/s1. The topological polar surface area (TPSA) is 72.3 Å². The lowest BCUT2D eigenvalue weighted by atomic mass is 10.2. The van der Waals surface area contributed by atoms with E-state index < -0.39 is 0 Å². The fraction of sp³-hybridized carbons (Fsp3) is 0.438. The summed E-state index contributed by atoms with van der Waals surface area (Å²) in [6.45, 7) is 4.49. The van der Waals surface area contributed by atoms with Crippen LogP contribution in [0, 0.1) is 0 Å². The number of aromatic nitrogens is 3. The molecule has 0 radical (unpaired) electrons. The molecule has 0 bridgehead atoms. The van der Waals surface area contributed by atoms with Crippen LogP contribution in [0.4, 0.5) is 4.79 Å². The number of hydrogen-bond donors (Lipinski definition) is 1. The first-order valence-corrected chi connectivity index (χ1v) is 7.81. The van der Waals surface area contributed by atoms with Crippen LogP contribution in [0.2, 0.25) is 0 Å². The first kappa shape index (κ1) is 15.5. The highest BCUT2D eigenvalue weighted by Crippen LogP contribution is 2.13. The van der Waals surface area contributed by atoms with Gasteiger partial charge in [0.1, 0.15) is 12.7 Å². The van der Waals surface area contributed by atoms with Gasteiger partial charge >= 0.3 is 6.03 Å². The average Bonchev–Trinajstić information content (AvgIpc) is 3.01. The summed E-state index contributed by atoms with van der Waals surface area (Å²) in [5, 5.41) is 7.14. The summed E-state index contributed by atoms with van der Waals surface area (Å²) in [5.41, 5.74) is 1.91. The SMILES string of the molecule is C[C@@H]1CN(C(=O)NCc2ccccc2-n2cncn2)CCCO1. The van der Waals surface area contributed by atoms with Gasteiger partial charge < -0.3 is 15.0 Å². The van der Waals surface area contributed by atoms with Crippen molar-refractivity contribution in [2.24, 2.45) is 0 Å². The Hall–Kier alpha value is -2.41. The lowest BCUT2D eigenvalue weighted by molar-refractivity contribution is 0.0710. The molecule has 0 spiro atoms. The van der Waals surface area contributed by atoms with E-state index in [0.29, 0.717) is 19.7 Å². The lowest BCUT2D eigenvalue weighted by Gasteiger charge is -2.22. The summed E-state index contributed by atoms with van der Waals surface area (Å²) < 4.78 is 7.27. The number of carbonyl (C=O) groups is 1. The Kier molecular flexibility index (Phi) is 4.87. The minimum absolute atomic E-state index is 0.0595. The van der Waals surface area contributed by atoms with Crippen molar-refractivity contribution in [2.45, 2.75) is 26.0 Å². The van der Waals surface area contributed by atoms with Gasteiger partial charge in [0, 0.05) is 26.2 Å². The molecule has 1 fully saturated rings. The molecule has 1 aliphatic heterocycles. The van der Waals surface area contributed by atoms with Crippen LogP contribution in [0.3, 0.4) is 0 Å². The third kappa shape index (κ3) is 3.87. The number of carbonyl (C=O) groups excluding carboxylic acids is 1. The number of rotatable bonds is 3. The van der Waals surface area contributed by atoms with Gasteiger partial charge in [-0.25, -0.2) is 14.5 Å². The molecular weight excluding hydrogens is 294 g/mol. The Morgan fingerprint density at radius 3 is 3.13 bits per heavy atom.